The molecule has 0 heterocycles. The van der Waals surface area contributed by atoms with Crippen LogP contribution in [0.15, 0.2) is 18.2 Å². The zero-order chi connectivity index (χ0) is 14.4. The van der Waals surface area contributed by atoms with Gasteiger partial charge in [0.15, 0.2) is 0 Å². The first kappa shape index (κ1) is 15.9. The third kappa shape index (κ3) is 5.17. The van der Waals surface area contributed by atoms with Crippen LogP contribution in [0, 0.1) is 16.0 Å². The summed E-state index contributed by atoms with van der Waals surface area (Å²) in [6.45, 7) is 7.34. The number of nitro groups is 1. The van der Waals surface area contributed by atoms with Crippen molar-refractivity contribution in [3.05, 3.63) is 38.9 Å². The van der Waals surface area contributed by atoms with Gasteiger partial charge in [-0.25, -0.2) is 0 Å². The molecule has 106 valence electrons. The molecule has 0 spiro atoms. The van der Waals surface area contributed by atoms with Crippen LogP contribution in [0.1, 0.15) is 32.8 Å². The first-order valence-electron chi connectivity index (χ1n) is 6.60. The fraction of sp³-hybridized carbons (Fsp3) is 0.571. The Morgan fingerprint density at radius 2 is 2.11 bits per heavy atom. The molecule has 1 atom stereocenters. The van der Waals surface area contributed by atoms with Crippen LogP contribution in [0.4, 0.5) is 5.69 Å². The summed E-state index contributed by atoms with van der Waals surface area (Å²) in [5, 5.41) is 14.6. The highest BCUT2D eigenvalue weighted by Gasteiger charge is 2.15. The normalized spacial score (nSPS) is 12.7. The van der Waals surface area contributed by atoms with Crippen molar-refractivity contribution < 1.29 is 4.92 Å². The lowest BCUT2D eigenvalue weighted by Crippen LogP contribution is -2.32. The Balaban J connectivity index is 2.81. The van der Waals surface area contributed by atoms with Gasteiger partial charge >= 0.3 is 0 Å². The van der Waals surface area contributed by atoms with Gasteiger partial charge in [0.2, 0.25) is 0 Å². The molecule has 1 unspecified atom stereocenters. The quantitative estimate of drug-likeness (QED) is 0.612. The summed E-state index contributed by atoms with van der Waals surface area (Å²) in [6.07, 6.45) is 1.85. The molecule has 1 N–H and O–H groups in total. The Morgan fingerprint density at radius 1 is 1.42 bits per heavy atom. The van der Waals surface area contributed by atoms with Crippen molar-refractivity contribution >= 4 is 17.3 Å². The zero-order valence-electron chi connectivity index (χ0n) is 11.6. The molecule has 0 radical (unpaired) electrons. The molecule has 0 bridgehead atoms. The van der Waals surface area contributed by atoms with E-state index in [4.69, 9.17) is 11.6 Å². The maximum Gasteiger partial charge on any atom is 0.270 e. The number of non-ortho nitro benzene ring substituents is 1. The van der Waals surface area contributed by atoms with E-state index in [-0.39, 0.29) is 5.69 Å². The predicted octanol–water partition coefficient (Wildman–Crippen LogP) is 3.81. The average Bonchev–Trinajstić information content (AvgIpc) is 2.31. The molecule has 0 aliphatic rings. The largest absolute Gasteiger partial charge is 0.314 e. The van der Waals surface area contributed by atoms with Crippen LogP contribution in [0.2, 0.25) is 5.02 Å². The van der Waals surface area contributed by atoms with E-state index in [1.807, 2.05) is 0 Å². The number of benzene rings is 1. The molecule has 1 aromatic carbocycles. The van der Waals surface area contributed by atoms with Crippen LogP contribution in [0.3, 0.4) is 0 Å². The lowest BCUT2D eigenvalue weighted by atomic mass is 9.97. The molecule has 4 nitrogen and oxygen atoms in total. The van der Waals surface area contributed by atoms with Gasteiger partial charge < -0.3 is 5.32 Å². The number of hydrogen-bond acceptors (Lipinski definition) is 3. The van der Waals surface area contributed by atoms with E-state index in [2.05, 4.69) is 26.1 Å². The van der Waals surface area contributed by atoms with E-state index in [1.54, 1.807) is 6.07 Å². The van der Waals surface area contributed by atoms with Crippen LogP contribution in [0.25, 0.3) is 0 Å². The minimum Gasteiger partial charge on any atom is -0.314 e. The number of hydrogen-bond donors (Lipinski definition) is 1. The molecule has 1 rings (SSSR count). The second-order valence-corrected chi connectivity index (χ2v) is 5.53. The van der Waals surface area contributed by atoms with Gasteiger partial charge in [-0.2, -0.15) is 0 Å². The second-order valence-electron chi connectivity index (χ2n) is 5.12. The van der Waals surface area contributed by atoms with Gasteiger partial charge in [-0.05, 0) is 30.9 Å². The Bertz CT molecular complexity index is 435. The van der Waals surface area contributed by atoms with Crippen molar-refractivity contribution in [1.82, 2.24) is 5.32 Å². The van der Waals surface area contributed by atoms with Crippen LogP contribution in [-0.4, -0.2) is 17.5 Å². The predicted molar refractivity (Wildman–Crippen MR) is 78.7 cm³/mol. The minimum atomic E-state index is -0.425. The maximum absolute atomic E-state index is 10.7. The van der Waals surface area contributed by atoms with Gasteiger partial charge in [0.05, 0.1) is 9.95 Å². The van der Waals surface area contributed by atoms with Gasteiger partial charge in [-0.3, -0.25) is 10.1 Å². The fourth-order valence-corrected chi connectivity index (χ4v) is 2.43. The Morgan fingerprint density at radius 3 is 2.58 bits per heavy atom. The molecule has 0 amide bonds. The van der Waals surface area contributed by atoms with Crippen LogP contribution < -0.4 is 5.32 Å². The van der Waals surface area contributed by atoms with E-state index in [0.29, 0.717) is 17.0 Å². The maximum atomic E-state index is 10.7. The summed E-state index contributed by atoms with van der Waals surface area (Å²) in [4.78, 5) is 10.2. The first-order chi connectivity index (χ1) is 8.93. The molecular formula is C14H21ClN2O2. The van der Waals surface area contributed by atoms with Crippen molar-refractivity contribution in [1.29, 1.82) is 0 Å². The smallest absolute Gasteiger partial charge is 0.270 e. The highest BCUT2D eigenvalue weighted by atomic mass is 35.5. The van der Waals surface area contributed by atoms with Crippen molar-refractivity contribution in [3.8, 4) is 0 Å². The van der Waals surface area contributed by atoms with E-state index in [0.717, 1.165) is 24.9 Å². The van der Waals surface area contributed by atoms with Gasteiger partial charge in [-0.15, -0.1) is 0 Å². The molecular weight excluding hydrogens is 264 g/mol. The summed E-state index contributed by atoms with van der Waals surface area (Å²) in [5.41, 5.74) is 0.997. The zero-order valence-corrected chi connectivity index (χ0v) is 12.4. The third-order valence-electron chi connectivity index (χ3n) is 2.96. The van der Waals surface area contributed by atoms with Gasteiger partial charge in [0.25, 0.3) is 5.69 Å². The molecule has 0 fully saturated rings. The first-order valence-corrected chi connectivity index (χ1v) is 6.98. The molecule has 1 aromatic rings. The third-order valence-corrected chi connectivity index (χ3v) is 3.31. The fourth-order valence-electron chi connectivity index (χ4n) is 2.18. The lowest BCUT2D eigenvalue weighted by molar-refractivity contribution is -0.384. The summed E-state index contributed by atoms with van der Waals surface area (Å²) in [5.74, 6) is 0.598. The molecule has 0 aliphatic heterocycles. The summed E-state index contributed by atoms with van der Waals surface area (Å²) in [6, 6.07) is 5.05. The summed E-state index contributed by atoms with van der Waals surface area (Å²) in [7, 11) is 0. The second kappa shape index (κ2) is 7.46. The average molecular weight is 285 g/mol. The van der Waals surface area contributed by atoms with Crippen molar-refractivity contribution in [2.75, 3.05) is 6.54 Å². The standard InChI is InChI=1S/C14H21ClN2O2/c1-4-16-12(7-10(2)3)8-11-5-6-13(17(18)19)9-14(11)15/h5-6,9-10,12,16H,4,7-8H2,1-3H3. The van der Waals surface area contributed by atoms with Gasteiger partial charge in [0.1, 0.15) is 0 Å². The molecule has 0 aromatic heterocycles. The Labute approximate surface area is 119 Å². The van der Waals surface area contributed by atoms with Crippen LogP contribution in [0.5, 0.6) is 0 Å². The Hall–Kier alpha value is -1.13. The topological polar surface area (TPSA) is 55.2 Å². The Kier molecular flexibility index (Phi) is 6.25. The van der Waals surface area contributed by atoms with E-state index >= 15 is 0 Å². The van der Waals surface area contributed by atoms with Crippen molar-refractivity contribution in [3.63, 3.8) is 0 Å². The number of nitrogens with one attached hydrogen (secondary N) is 1. The molecule has 0 saturated carbocycles. The molecule has 0 saturated heterocycles. The summed E-state index contributed by atoms with van der Waals surface area (Å²) < 4.78 is 0. The molecule has 5 heteroatoms. The molecule has 0 aliphatic carbocycles. The van der Waals surface area contributed by atoms with E-state index < -0.39 is 4.92 Å². The number of rotatable bonds is 7. The van der Waals surface area contributed by atoms with Crippen molar-refractivity contribution in [2.45, 2.75) is 39.7 Å². The highest BCUT2D eigenvalue weighted by molar-refractivity contribution is 6.31. The van der Waals surface area contributed by atoms with Crippen LogP contribution in [-0.2, 0) is 6.42 Å². The van der Waals surface area contributed by atoms with E-state index in [1.165, 1.54) is 12.1 Å². The lowest BCUT2D eigenvalue weighted by Gasteiger charge is -2.20. The number of likely N-dealkylation sites (N-methyl/N-ethyl adjacent to an activating group) is 1. The number of halogens is 1. The number of nitro benzene ring substituents is 1. The highest BCUT2D eigenvalue weighted by Crippen LogP contribution is 2.24. The molecule has 19 heavy (non-hydrogen) atoms. The van der Waals surface area contributed by atoms with Crippen LogP contribution >= 0.6 is 11.6 Å². The summed E-state index contributed by atoms with van der Waals surface area (Å²) >= 11 is 6.12. The van der Waals surface area contributed by atoms with E-state index in [9.17, 15) is 10.1 Å². The van der Waals surface area contributed by atoms with Gasteiger partial charge in [-0.1, -0.05) is 38.4 Å². The minimum absolute atomic E-state index is 0.0395. The SMILES string of the molecule is CCNC(Cc1ccc([N+](=O)[O-])cc1Cl)CC(C)C. The number of nitrogens with zero attached hydrogens (tertiary/aromatic N) is 1. The van der Waals surface area contributed by atoms with Gasteiger partial charge in [0, 0.05) is 18.2 Å². The monoisotopic (exact) mass is 284 g/mol. The van der Waals surface area contributed by atoms with Crippen molar-refractivity contribution in [2.24, 2.45) is 5.92 Å².